The molecule has 1 fully saturated rings. The Morgan fingerprint density at radius 3 is 2.75 bits per heavy atom. The fourth-order valence-electron chi connectivity index (χ4n) is 2.22. The summed E-state index contributed by atoms with van der Waals surface area (Å²) < 4.78 is 0. The van der Waals surface area contributed by atoms with Gasteiger partial charge in [0.2, 0.25) is 0 Å². The summed E-state index contributed by atoms with van der Waals surface area (Å²) in [7, 11) is 0. The van der Waals surface area contributed by atoms with Crippen LogP contribution in [0.25, 0.3) is 0 Å². The second-order valence-corrected chi connectivity index (χ2v) is 4.23. The maximum Gasteiger partial charge on any atom is 0.123 e. The predicted molar refractivity (Wildman–Crippen MR) is 61.6 cm³/mol. The van der Waals surface area contributed by atoms with Crippen LogP contribution in [0.15, 0.2) is 30.3 Å². The molecule has 1 heterocycles. The number of aliphatic hydroxyl groups excluding tert-OH is 1. The minimum atomic E-state index is -0.284. The van der Waals surface area contributed by atoms with E-state index in [1.165, 1.54) is 0 Å². The summed E-state index contributed by atoms with van der Waals surface area (Å²) in [5.41, 5.74) is 1.01. The summed E-state index contributed by atoms with van der Waals surface area (Å²) >= 11 is 0. The molecule has 0 spiro atoms. The van der Waals surface area contributed by atoms with Crippen LogP contribution in [0.4, 0.5) is 0 Å². The van der Waals surface area contributed by atoms with E-state index in [1.807, 2.05) is 30.3 Å². The SMILES string of the molecule is N#CC(c1ccccc1)N1CCCC(O)C1. The van der Waals surface area contributed by atoms with Gasteiger partial charge in [0.1, 0.15) is 6.04 Å². The van der Waals surface area contributed by atoms with Crippen LogP contribution in [0, 0.1) is 11.3 Å². The molecule has 0 amide bonds. The number of aliphatic hydroxyl groups is 1. The van der Waals surface area contributed by atoms with Crippen LogP contribution in [-0.4, -0.2) is 29.2 Å². The monoisotopic (exact) mass is 216 g/mol. The molecule has 2 atom stereocenters. The lowest BCUT2D eigenvalue weighted by Gasteiger charge is -2.33. The van der Waals surface area contributed by atoms with Crippen LogP contribution >= 0.6 is 0 Å². The highest BCUT2D eigenvalue weighted by Gasteiger charge is 2.25. The van der Waals surface area contributed by atoms with Gasteiger partial charge in [0, 0.05) is 6.54 Å². The highest BCUT2D eigenvalue weighted by Crippen LogP contribution is 2.23. The Morgan fingerprint density at radius 1 is 1.38 bits per heavy atom. The molecule has 3 heteroatoms. The van der Waals surface area contributed by atoms with Gasteiger partial charge in [-0.3, -0.25) is 4.90 Å². The number of likely N-dealkylation sites (tertiary alicyclic amines) is 1. The van der Waals surface area contributed by atoms with E-state index in [1.54, 1.807) is 0 Å². The topological polar surface area (TPSA) is 47.3 Å². The molecule has 2 rings (SSSR count). The third-order valence-electron chi connectivity index (χ3n) is 3.03. The van der Waals surface area contributed by atoms with Crippen molar-refractivity contribution in [2.24, 2.45) is 0 Å². The molecule has 0 saturated carbocycles. The van der Waals surface area contributed by atoms with Crippen molar-refractivity contribution in [1.29, 1.82) is 5.26 Å². The number of nitrogens with zero attached hydrogens (tertiary/aromatic N) is 2. The third kappa shape index (κ3) is 2.41. The van der Waals surface area contributed by atoms with Crippen molar-refractivity contribution in [2.45, 2.75) is 25.0 Å². The molecule has 0 radical (unpaired) electrons. The molecule has 0 aliphatic carbocycles. The van der Waals surface area contributed by atoms with Gasteiger partial charge in [0.05, 0.1) is 12.2 Å². The maximum atomic E-state index is 9.62. The van der Waals surface area contributed by atoms with Gasteiger partial charge in [-0.25, -0.2) is 0 Å². The normalized spacial score (nSPS) is 23.6. The van der Waals surface area contributed by atoms with Gasteiger partial charge in [-0.15, -0.1) is 0 Å². The molecule has 3 nitrogen and oxygen atoms in total. The maximum absolute atomic E-state index is 9.62. The minimum absolute atomic E-state index is 0.226. The molecule has 1 aromatic carbocycles. The molecule has 1 aromatic rings. The lowest BCUT2D eigenvalue weighted by molar-refractivity contribution is 0.0582. The third-order valence-corrected chi connectivity index (χ3v) is 3.03. The molecular formula is C13H16N2O. The highest BCUT2D eigenvalue weighted by atomic mass is 16.3. The van der Waals surface area contributed by atoms with Crippen LogP contribution in [-0.2, 0) is 0 Å². The summed E-state index contributed by atoms with van der Waals surface area (Å²) in [4.78, 5) is 2.06. The standard InChI is InChI=1S/C13H16N2O/c14-9-13(11-5-2-1-3-6-11)15-8-4-7-12(16)10-15/h1-3,5-6,12-13,16H,4,7-8,10H2. The van der Waals surface area contributed by atoms with Crippen molar-refractivity contribution in [3.05, 3.63) is 35.9 Å². The lowest BCUT2D eigenvalue weighted by Crippen LogP contribution is -2.40. The van der Waals surface area contributed by atoms with Crippen LogP contribution in [0.5, 0.6) is 0 Å². The first kappa shape index (κ1) is 11.1. The molecule has 16 heavy (non-hydrogen) atoms. The fourth-order valence-corrected chi connectivity index (χ4v) is 2.22. The molecular weight excluding hydrogens is 200 g/mol. The molecule has 0 bridgehead atoms. The molecule has 2 unspecified atom stereocenters. The Morgan fingerprint density at radius 2 is 2.12 bits per heavy atom. The summed E-state index contributed by atoms with van der Waals surface area (Å²) in [6.45, 7) is 1.50. The van der Waals surface area contributed by atoms with Gasteiger partial charge < -0.3 is 5.11 Å². The van der Waals surface area contributed by atoms with Gasteiger partial charge >= 0.3 is 0 Å². The van der Waals surface area contributed by atoms with Crippen LogP contribution in [0.1, 0.15) is 24.4 Å². The molecule has 0 aromatic heterocycles. The highest BCUT2D eigenvalue weighted by molar-refractivity contribution is 5.24. The first-order chi connectivity index (χ1) is 7.81. The van der Waals surface area contributed by atoms with Gasteiger partial charge in [0.15, 0.2) is 0 Å². The number of hydrogen-bond donors (Lipinski definition) is 1. The number of rotatable bonds is 2. The number of β-amino-alcohol motifs (C(OH)–C–C–N with tert-alkyl or cyclic N) is 1. The van der Waals surface area contributed by atoms with E-state index in [2.05, 4.69) is 11.0 Å². The van der Waals surface area contributed by atoms with Gasteiger partial charge in [-0.05, 0) is 24.9 Å². The van der Waals surface area contributed by atoms with E-state index >= 15 is 0 Å². The average Bonchev–Trinajstić information content (AvgIpc) is 2.31. The van der Waals surface area contributed by atoms with E-state index in [4.69, 9.17) is 0 Å². The number of nitriles is 1. The van der Waals surface area contributed by atoms with E-state index in [0.717, 1.165) is 24.9 Å². The Kier molecular flexibility index (Phi) is 3.55. The van der Waals surface area contributed by atoms with Gasteiger partial charge in [0.25, 0.3) is 0 Å². The van der Waals surface area contributed by atoms with Crippen molar-refractivity contribution >= 4 is 0 Å². The van der Waals surface area contributed by atoms with Crippen molar-refractivity contribution in [3.63, 3.8) is 0 Å². The number of hydrogen-bond acceptors (Lipinski definition) is 3. The van der Waals surface area contributed by atoms with Gasteiger partial charge in [-0.2, -0.15) is 5.26 Å². The van der Waals surface area contributed by atoms with E-state index in [0.29, 0.717) is 6.54 Å². The number of benzene rings is 1. The molecule has 1 saturated heterocycles. The first-order valence-corrected chi connectivity index (χ1v) is 5.68. The van der Waals surface area contributed by atoms with E-state index in [9.17, 15) is 10.4 Å². The lowest BCUT2D eigenvalue weighted by atomic mass is 10.0. The second-order valence-electron chi connectivity index (χ2n) is 4.23. The van der Waals surface area contributed by atoms with Crippen molar-refractivity contribution < 1.29 is 5.11 Å². The van der Waals surface area contributed by atoms with E-state index in [-0.39, 0.29) is 12.1 Å². The first-order valence-electron chi connectivity index (χ1n) is 5.68. The van der Waals surface area contributed by atoms with Gasteiger partial charge in [-0.1, -0.05) is 30.3 Å². The summed E-state index contributed by atoms with van der Waals surface area (Å²) in [5, 5.41) is 18.9. The van der Waals surface area contributed by atoms with Crippen LogP contribution < -0.4 is 0 Å². The Hall–Kier alpha value is -1.37. The van der Waals surface area contributed by atoms with Crippen molar-refractivity contribution in [1.82, 2.24) is 4.90 Å². The van der Waals surface area contributed by atoms with E-state index < -0.39 is 0 Å². The predicted octanol–water partition coefficient (Wildman–Crippen LogP) is 1.71. The average molecular weight is 216 g/mol. The quantitative estimate of drug-likeness (QED) is 0.818. The molecule has 1 aliphatic rings. The zero-order valence-corrected chi connectivity index (χ0v) is 9.21. The van der Waals surface area contributed by atoms with Crippen molar-refractivity contribution in [2.75, 3.05) is 13.1 Å². The Bertz CT molecular complexity index is 371. The number of piperidine rings is 1. The summed E-state index contributed by atoms with van der Waals surface area (Å²) in [5.74, 6) is 0. The second kappa shape index (κ2) is 5.11. The zero-order valence-electron chi connectivity index (χ0n) is 9.21. The van der Waals surface area contributed by atoms with Crippen LogP contribution in [0.3, 0.4) is 0 Å². The van der Waals surface area contributed by atoms with Crippen LogP contribution in [0.2, 0.25) is 0 Å². The summed E-state index contributed by atoms with van der Waals surface area (Å²) in [6, 6.07) is 11.9. The smallest absolute Gasteiger partial charge is 0.123 e. The van der Waals surface area contributed by atoms with Crippen molar-refractivity contribution in [3.8, 4) is 6.07 Å². The Labute approximate surface area is 95.9 Å². The molecule has 1 N–H and O–H groups in total. The Balaban J connectivity index is 2.14. The largest absolute Gasteiger partial charge is 0.392 e. The fraction of sp³-hybridized carbons (Fsp3) is 0.462. The summed E-state index contributed by atoms with van der Waals surface area (Å²) in [6.07, 6.45) is 1.53. The molecule has 84 valence electrons. The minimum Gasteiger partial charge on any atom is -0.392 e. The zero-order chi connectivity index (χ0) is 11.4. The molecule has 1 aliphatic heterocycles.